The molecule has 4 nitrogen and oxygen atoms in total. The van der Waals surface area contributed by atoms with E-state index >= 15 is 0 Å². The minimum atomic E-state index is -0.327. The van der Waals surface area contributed by atoms with Crippen molar-refractivity contribution in [2.75, 3.05) is 7.11 Å². The summed E-state index contributed by atoms with van der Waals surface area (Å²) in [7, 11) is 1.41. The highest BCUT2D eigenvalue weighted by Gasteiger charge is 2.13. The molecule has 0 aliphatic carbocycles. The lowest BCUT2D eigenvalue weighted by molar-refractivity contribution is 0.0601. The Labute approximate surface area is 182 Å². The maximum Gasteiger partial charge on any atom is 0.338 e. The third kappa shape index (κ3) is 4.64. The van der Waals surface area contributed by atoms with E-state index in [1.54, 1.807) is 6.07 Å². The molecule has 0 saturated carbocycles. The molecule has 0 spiro atoms. The standard InChI is InChI=1S/C27H26N2O2/c1-3-4-13-26-28-24-12-8-7-11-23(24)25(29-26)18-19-14-16-20(17-15-19)21-9-5-6-10-22(21)27(30)31-2/h5-12,14-17H,3-4,13,18H2,1-2H3. The molecule has 1 aromatic heterocycles. The quantitative estimate of drug-likeness (QED) is 0.350. The second-order valence-electron chi connectivity index (χ2n) is 7.62. The van der Waals surface area contributed by atoms with Gasteiger partial charge in [0.05, 0.1) is 23.9 Å². The van der Waals surface area contributed by atoms with Crippen molar-refractivity contribution in [3.8, 4) is 11.1 Å². The smallest absolute Gasteiger partial charge is 0.338 e. The van der Waals surface area contributed by atoms with Gasteiger partial charge in [-0.05, 0) is 35.2 Å². The summed E-state index contributed by atoms with van der Waals surface area (Å²) >= 11 is 0. The number of para-hydroxylation sites is 1. The highest BCUT2D eigenvalue weighted by Crippen LogP contribution is 2.26. The normalized spacial score (nSPS) is 10.9. The zero-order chi connectivity index (χ0) is 21.6. The molecular weight excluding hydrogens is 384 g/mol. The zero-order valence-electron chi connectivity index (χ0n) is 18.0. The molecule has 0 N–H and O–H groups in total. The van der Waals surface area contributed by atoms with E-state index in [0.717, 1.165) is 59.2 Å². The molecule has 4 rings (SSSR count). The Morgan fingerprint density at radius 1 is 0.903 bits per heavy atom. The first kappa shape index (κ1) is 20.7. The summed E-state index contributed by atoms with van der Waals surface area (Å²) in [5.41, 5.74) is 5.66. The number of aryl methyl sites for hydroxylation is 1. The van der Waals surface area contributed by atoms with Gasteiger partial charge >= 0.3 is 5.97 Å². The van der Waals surface area contributed by atoms with Gasteiger partial charge in [-0.3, -0.25) is 0 Å². The first-order valence-electron chi connectivity index (χ1n) is 10.7. The Hall–Kier alpha value is -3.53. The molecule has 0 saturated heterocycles. The third-order valence-electron chi connectivity index (χ3n) is 5.45. The summed E-state index contributed by atoms with van der Waals surface area (Å²) in [4.78, 5) is 21.7. The number of nitrogens with zero attached hydrogens (tertiary/aromatic N) is 2. The first-order chi connectivity index (χ1) is 15.2. The van der Waals surface area contributed by atoms with E-state index in [4.69, 9.17) is 14.7 Å². The Bertz CT molecular complexity index is 1200. The number of ether oxygens (including phenoxy) is 1. The Balaban J connectivity index is 1.65. The van der Waals surface area contributed by atoms with Crippen LogP contribution in [-0.4, -0.2) is 23.0 Å². The minimum Gasteiger partial charge on any atom is -0.465 e. The minimum absolute atomic E-state index is 0.327. The van der Waals surface area contributed by atoms with Crippen LogP contribution in [0, 0.1) is 0 Å². The summed E-state index contributed by atoms with van der Waals surface area (Å²) < 4.78 is 4.93. The number of carbonyl (C=O) groups excluding carboxylic acids is 1. The summed E-state index contributed by atoms with van der Waals surface area (Å²) in [5.74, 6) is 0.589. The molecule has 0 radical (unpaired) electrons. The number of esters is 1. The van der Waals surface area contributed by atoms with Crippen LogP contribution in [0.25, 0.3) is 22.0 Å². The summed E-state index contributed by atoms with van der Waals surface area (Å²) in [5, 5.41) is 1.10. The maximum absolute atomic E-state index is 12.1. The fourth-order valence-corrected chi connectivity index (χ4v) is 3.79. The lowest BCUT2D eigenvalue weighted by atomic mass is 9.97. The number of rotatable bonds is 7. The van der Waals surface area contributed by atoms with Crippen LogP contribution in [0.15, 0.2) is 72.8 Å². The topological polar surface area (TPSA) is 52.1 Å². The van der Waals surface area contributed by atoms with Crippen LogP contribution in [-0.2, 0) is 17.6 Å². The molecule has 0 atom stereocenters. The van der Waals surface area contributed by atoms with Crippen molar-refractivity contribution in [1.82, 2.24) is 9.97 Å². The van der Waals surface area contributed by atoms with Crippen LogP contribution >= 0.6 is 0 Å². The van der Waals surface area contributed by atoms with Gasteiger partial charge in [0.25, 0.3) is 0 Å². The van der Waals surface area contributed by atoms with Gasteiger partial charge in [-0.1, -0.05) is 74.0 Å². The van der Waals surface area contributed by atoms with E-state index in [9.17, 15) is 4.79 Å². The Morgan fingerprint density at radius 2 is 1.65 bits per heavy atom. The average Bonchev–Trinajstić information content (AvgIpc) is 2.82. The second kappa shape index (κ2) is 9.52. The number of fused-ring (bicyclic) bond motifs is 1. The molecule has 31 heavy (non-hydrogen) atoms. The van der Waals surface area contributed by atoms with Crippen LogP contribution in [0.3, 0.4) is 0 Å². The number of carbonyl (C=O) groups is 1. The maximum atomic E-state index is 12.1. The highest BCUT2D eigenvalue weighted by molar-refractivity contribution is 5.97. The molecular formula is C27H26N2O2. The van der Waals surface area contributed by atoms with E-state index in [0.29, 0.717) is 5.56 Å². The highest BCUT2D eigenvalue weighted by atomic mass is 16.5. The molecule has 0 fully saturated rings. The van der Waals surface area contributed by atoms with Crippen molar-refractivity contribution in [2.45, 2.75) is 32.6 Å². The van der Waals surface area contributed by atoms with Gasteiger partial charge in [-0.15, -0.1) is 0 Å². The number of hydrogen-bond donors (Lipinski definition) is 0. The van der Waals surface area contributed by atoms with Crippen LogP contribution in [0.1, 0.15) is 47.2 Å². The number of hydrogen-bond acceptors (Lipinski definition) is 4. The molecule has 0 bridgehead atoms. The van der Waals surface area contributed by atoms with E-state index in [2.05, 4.69) is 43.3 Å². The summed E-state index contributed by atoms with van der Waals surface area (Å²) in [6.45, 7) is 2.18. The monoisotopic (exact) mass is 410 g/mol. The lowest BCUT2D eigenvalue weighted by Crippen LogP contribution is -2.03. The molecule has 156 valence electrons. The zero-order valence-corrected chi connectivity index (χ0v) is 18.0. The fourth-order valence-electron chi connectivity index (χ4n) is 3.79. The predicted octanol–water partition coefficient (Wildman–Crippen LogP) is 6.02. The van der Waals surface area contributed by atoms with Crippen molar-refractivity contribution < 1.29 is 9.53 Å². The van der Waals surface area contributed by atoms with Gasteiger partial charge in [0.2, 0.25) is 0 Å². The number of methoxy groups -OCH3 is 1. The number of aromatic nitrogens is 2. The number of benzene rings is 3. The van der Waals surface area contributed by atoms with E-state index < -0.39 is 0 Å². The molecule has 4 heteroatoms. The van der Waals surface area contributed by atoms with Gasteiger partial charge < -0.3 is 4.74 Å². The van der Waals surface area contributed by atoms with E-state index in [1.807, 2.05) is 30.3 Å². The fraction of sp³-hybridized carbons (Fsp3) is 0.222. The number of unbranched alkanes of at least 4 members (excludes halogenated alkanes) is 1. The van der Waals surface area contributed by atoms with Gasteiger partial charge in [0.1, 0.15) is 5.82 Å². The SMILES string of the molecule is CCCCc1nc(Cc2ccc(-c3ccccc3C(=O)OC)cc2)c2ccccc2n1. The third-order valence-corrected chi connectivity index (χ3v) is 5.45. The van der Waals surface area contributed by atoms with Crippen molar-refractivity contribution >= 4 is 16.9 Å². The van der Waals surface area contributed by atoms with Crippen LogP contribution in [0.5, 0.6) is 0 Å². The van der Waals surface area contributed by atoms with Crippen molar-refractivity contribution in [2.24, 2.45) is 0 Å². The Morgan fingerprint density at radius 3 is 2.42 bits per heavy atom. The van der Waals surface area contributed by atoms with Crippen molar-refractivity contribution in [3.05, 3.63) is 95.4 Å². The predicted molar refractivity (Wildman–Crippen MR) is 124 cm³/mol. The largest absolute Gasteiger partial charge is 0.465 e. The van der Waals surface area contributed by atoms with E-state index in [-0.39, 0.29) is 5.97 Å². The molecule has 0 aliphatic heterocycles. The molecule has 4 aromatic rings. The second-order valence-corrected chi connectivity index (χ2v) is 7.62. The molecule has 0 unspecified atom stereocenters. The first-order valence-corrected chi connectivity index (χ1v) is 10.7. The molecule has 0 amide bonds. The molecule has 1 heterocycles. The molecule has 3 aromatic carbocycles. The van der Waals surface area contributed by atoms with Crippen molar-refractivity contribution in [3.63, 3.8) is 0 Å². The summed E-state index contributed by atoms with van der Waals surface area (Å²) in [6, 6.07) is 24.0. The van der Waals surface area contributed by atoms with Crippen LogP contribution in [0.4, 0.5) is 0 Å². The Kier molecular flexibility index (Phi) is 6.37. The molecule has 0 aliphatic rings. The summed E-state index contributed by atoms with van der Waals surface area (Å²) in [6.07, 6.45) is 3.85. The van der Waals surface area contributed by atoms with Gasteiger partial charge in [0.15, 0.2) is 0 Å². The van der Waals surface area contributed by atoms with Gasteiger partial charge in [0, 0.05) is 18.2 Å². The average molecular weight is 411 g/mol. The van der Waals surface area contributed by atoms with Gasteiger partial charge in [-0.25, -0.2) is 14.8 Å². The van der Waals surface area contributed by atoms with Crippen LogP contribution in [0.2, 0.25) is 0 Å². The van der Waals surface area contributed by atoms with Crippen molar-refractivity contribution in [1.29, 1.82) is 0 Å². The lowest BCUT2D eigenvalue weighted by Gasteiger charge is -2.11. The van der Waals surface area contributed by atoms with Gasteiger partial charge in [-0.2, -0.15) is 0 Å². The van der Waals surface area contributed by atoms with E-state index in [1.165, 1.54) is 12.7 Å². The van der Waals surface area contributed by atoms with Crippen LogP contribution < -0.4 is 0 Å².